The Morgan fingerprint density at radius 1 is 0.862 bits per heavy atom. The van der Waals surface area contributed by atoms with Gasteiger partial charge in [-0.05, 0) is 68.3 Å². The van der Waals surface area contributed by atoms with Gasteiger partial charge in [0.25, 0.3) is 15.9 Å². The third-order valence-corrected chi connectivity index (χ3v) is 6.16. The monoisotopic (exact) mass is 428 g/mol. The van der Waals surface area contributed by atoms with Gasteiger partial charge in [0.15, 0.2) is 0 Å². The van der Waals surface area contributed by atoms with Crippen molar-refractivity contribution in [3.63, 3.8) is 0 Å². The van der Waals surface area contributed by atoms with Crippen LogP contribution in [-0.4, -0.2) is 14.3 Å². The number of sulfonamides is 1. The molecule has 0 atom stereocenters. The summed E-state index contributed by atoms with van der Waals surface area (Å²) in [6.45, 7) is 5.70. The fourth-order valence-electron chi connectivity index (χ4n) is 2.75. The van der Waals surface area contributed by atoms with Crippen molar-refractivity contribution in [1.29, 1.82) is 0 Å². The molecule has 0 unspecified atom stereocenters. The number of hydrogen-bond donors (Lipinski definition) is 2. The van der Waals surface area contributed by atoms with Crippen molar-refractivity contribution < 1.29 is 13.2 Å². The first-order valence-corrected chi connectivity index (χ1v) is 10.8. The molecule has 1 amide bonds. The summed E-state index contributed by atoms with van der Waals surface area (Å²) in [5.74, 6) is -0.417. The number of aryl methyl sites for hydroxylation is 3. The molecule has 0 aromatic heterocycles. The predicted octanol–water partition coefficient (Wildman–Crippen LogP) is 5.32. The van der Waals surface area contributed by atoms with Gasteiger partial charge in [0, 0.05) is 11.4 Å². The Bertz CT molecular complexity index is 1170. The lowest BCUT2D eigenvalue weighted by Gasteiger charge is -2.13. The van der Waals surface area contributed by atoms with Crippen LogP contribution in [-0.2, 0) is 10.0 Å². The van der Waals surface area contributed by atoms with Crippen molar-refractivity contribution in [3.8, 4) is 0 Å². The van der Waals surface area contributed by atoms with E-state index in [9.17, 15) is 13.2 Å². The van der Waals surface area contributed by atoms with Crippen molar-refractivity contribution in [1.82, 2.24) is 0 Å². The minimum atomic E-state index is -3.78. The molecule has 0 saturated heterocycles. The van der Waals surface area contributed by atoms with Gasteiger partial charge in [0.2, 0.25) is 0 Å². The van der Waals surface area contributed by atoms with E-state index in [0.29, 0.717) is 5.69 Å². The van der Waals surface area contributed by atoms with E-state index in [-0.39, 0.29) is 21.2 Å². The zero-order valence-corrected chi connectivity index (χ0v) is 17.9. The first-order chi connectivity index (χ1) is 13.7. The van der Waals surface area contributed by atoms with E-state index in [2.05, 4.69) is 10.0 Å². The summed E-state index contributed by atoms with van der Waals surface area (Å²) in [5.41, 5.74) is 3.99. The molecule has 3 aromatic rings. The topological polar surface area (TPSA) is 75.3 Å². The number of hydrogen-bond acceptors (Lipinski definition) is 3. The Morgan fingerprint density at radius 3 is 2.21 bits per heavy atom. The molecule has 3 aromatic carbocycles. The second kappa shape index (κ2) is 8.27. The number of amides is 1. The van der Waals surface area contributed by atoms with Gasteiger partial charge in [0.05, 0.1) is 15.5 Å². The lowest BCUT2D eigenvalue weighted by Crippen LogP contribution is -2.16. The molecule has 0 aliphatic rings. The zero-order chi connectivity index (χ0) is 21.2. The average molecular weight is 429 g/mol. The van der Waals surface area contributed by atoms with E-state index in [4.69, 9.17) is 11.6 Å². The maximum absolute atomic E-state index is 12.8. The minimum absolute atomic E-state index is 0.138. The molecule has 3 rings (SSSR count). The highest BCUT2D eigenvalue weighted by Crippen LogP contribution is 2.25. The molecule has 0 saturated carbocycles. The van der Waals surface area contributed by atoms with Crippen LogP contribution in [0.5, 0.6) is 0 Å². The Labute approximate surface area is 175 Å². The van der Waals surface area contributed by atoms with E-state index in [1.807, 2.05) is 39.0 Å². The molecular formula is C22H21ClN2O3S. The van der Waals surface area contributed by atoms with Crippen LogP contribution in [0.4, 0.5) is 11.4 Å². The normalized spacial score (nSPS) is 11.2. The van der Waals surface area contributed by atoms with Crippen LogP contribution in [0.25, 0.3) is 0 Å². The highest BCUT2D eigenvalue weighted by atomic mass is 35.5. The molecule has 0 bridgehead atoms. The average Bonchev–Trinajstić information content (AvgIpc) is 2.66. The molecule has 29 heavy (non-hydrogen) atoms. The van der Waals surface area contributed by atoms with Gasteiger partial charge in [-0.3, -0.25) is 9.52 Å². The van der Waals surface area contributed by atoms with E-state index >= 15 is 0 Å². The Hall–Kier alpha value is -2.83. The van der Waals surface area contributed by atoms with Crippen LogP contribution in [0.3, 0.4) is 0 Å². The lowest BCUT2D eigenvalue weighted by atomic mass is 10.1. The highest BCUT2D eigenvalue weighted by molar-refractivity contribution is 7.92. The maximum Gasteiger partial charge on any atom is 0.261 e. The summed E-state index contributed by atoms with van der Waals surface area (Å²) in [7, 11) is -3.78. The molecule has 0 aliphatic carbocycles. The number of carbonyl (C=O) groups is 1. The van der Waals surface area contributed by atoms with Gasteiger partial charge in [-0.2, -0.15) is 0 Å². The SMILES string of the molecule is Cc1ccc(S(=O)(=O)Nc2ccc(Cl)c(C(=O)Nc3cc(C)ccc3C)c2)cc1. The first kappa shape index (κ1) is 20.9. The second-order valence-electron chi connectivity index (χ2n) is 6.89. The Balaban J connectivity index is 1.87. The van der Waals surface area contributed by atoms with Crippen LogP contribution in [0.2, 0.25) is 5.02 Å². The maximum atomic E-state index is 12.8. The first-order valence-electron chi connectivity index (χ1n) is 8.93. The molecule has 0 aliphatic heterocycles. The summed E-state index contributed by atoms with van der Waals surface area (Å²) in [6, 6.07) is 16.7. The lowest BCUT2D eigenvalue weighted by molar-refractivity contribution is 0.102. The molecule has 0 radical (unpaired) electrons. The van der Waals surface area contributed by atoms with Crippen molar-refractivity contribution in [2.45, 2.75) is 25.7 Å². The third kappa shape index (κ3) is 4.96. The molecular weight excluding hydrogens is 408 g/mol. The van der Waals surface area contributed by atoms with Crippen LogP contribution in [0.15, 0.2) is 65.6 Å². The largest absolute Gasteiger partial charge is 0.322 e. The second-order valence-corrected chi connectivity index (χ2v) is 8.98. The molecule has 0 fully saturated rings. The summed E-state index contributed by atoms with van der Waals surface area (Å²) < 4.78 is 27.7. The summed E-state index contributed by atoms with van der Waals surface area (Å²) in [5, 5.41) is 3.06. The third-order valence-electron chi connectivity index (χ3n) is 4.44. The number of anilines is 2. The van der Waals surface area contributed by atoms with Gasteiger partial charge in [0.1, 0.15) is 0 Å². The standard InChI is InChI=1S/C22H21ClN2O3S/c1-14-5-9-18(10-6-14)29(27,28)25-17-8-11-20(23)19(13-17)22(26)24-21-12-15(2)4-7-16(21)3/h4-13,25H,1-3H3,(H,24,26). The van der Waals surface area contributed by atoms with E-state index < -0.39 is 15.9 Å². The molecule has 0 spiro atoms. The van der Waals surface area contributed by atoms with Gasteiger partial charge >= 0.3 is 0 Å². The number of halogens is 1. The van der Waals surface area contributed by atoms with Crippen molar-refractivity contribution in [2.75, 3.05) is 10.0 Å². The number of benzene rings is 3. The van der Waals surface area contributed by atoms with E-state index in [1.165, 1.54) is 30.3 Å². The molecule has 2 N–H and O–H groups in total. The van der Waals surface area contributed by atoms with Gasteiger partial charge in [-0.15, -0.1) is 0 Å². The van der Waals surface area contributed by atoms with Crippen LogP contribution < -0.4 is 10.0 Å². The zero-order valence-electron chi connectivity index (χ0n) is 16.3. The highest BCUT2D eigenvalue weighted by Gasteiger charge is 2.17. The number of nitrogens with one attached hydrogen (secondary N) is 2. The van der Waals surface area contributed by atoms with E-state index in [0.717, 1.165) is 16.7 Å². The van der Waals surface area contributed by atoms with Gasteiger partial charge in [-0.25, -0.2) is 8.42 Å². The fourth-order valence-corrected chi connectivity index (χ4v) is 4.01. The van der Waals surface area contributed by atoms with Crippen LogP contribution in [0, 0.1) is 20.8 Å². The predicted molar refractivity (Wildman–Crippen MR) is 117 cm³/mol. The minimum Gasteiger partial charge on any atom is -0.322 e. The van der Waals surface area contributed by atoms with E-state index in [1.54, 1.807) is 12.1 Å². The molecule has 5 nitrogen and oxygen atoms in total. The van der Waals surface area contributed by atoms with Gasteiger partial charge < -0.3 is 5.32 Å². The van der Waals surface area contributed by atoms with Crippen molar-refractivity contribution >= 4 is 38.9 Å². The summed E-state index contributed by atoms with van der Waals surface area (Å²) in [4.78, 5) is 12.9. The van der Waals surface area contributed by atoms with Gasteiger partial charge in [-0.1, -0.05) is 41.4 Å². The van der Waals surface area contributed by atoms with Crippen LogP contribution in [0.1, 0.15) is 27.0 Å². The molecule has 7 heteroatoms. The number of carbonyl (C=O) groups excluding carboxylic acids is 1. The molecule has 150 valence electrons. The Morgan fingerprint density at radius 2 is 1.52 bits per heavy atom. The van der Waals surface area contributed by atoms with Crippen molar-refractivity contribution in [3.05, 3.63) is 87.9 Å². The quantitative estimate of drug-likeness (QED) is 0.577. The summed E-state index contributed by atoms with van der Waals surface area (Å²) in [6.07, 6.45) is 0. The molecule has 0 heterocycles. The Kier molecular flexibility index (Phi) is 5.96. The smallest absolute Gasteiger partial charge is 0.261 e. The summed E-state index contributed by atoms with van der Waals surface area (Å²) >= 11 is 6.20. The van der Waals surface area contributed by atoms with Crippen LogP contribution >= 0.6 is 11.6 Å². The fraction of sp³-hybridized carbons (Fsp3) is 0.136. The number of rotatable bonds is 5. The van der Waals surface area contributed by atoms with Crippen molar-refractivity contribution in [2.24, 2.45) is 0 Å².